The summed E-state index contributed by atoms with van der Waals surface area (Å²) in [5.74, 6) is -0.406. The third-order valence-corrected chi connectivity index (χ3v) is 6.01. The van der Waals surface area contributed by atoms with Crippen LogP contribution in [-0.4, -0.2) is 52.1 Å². The summed E-state index contributed by atoms with van der Waals surface area (Å²) in [6.45, 7) is 2.38. The van der Waals surface area contributed by atoms with Crippen LogP contribution in [0, 0.1) is 0 Å². The molecule has 1 atom stereocenters. The van der Waals surface area contributed by atoms with Gasteiger partial charge in [0.15, 0.2) is 10.8 Å². The normalized spacial score (nSPS) is 19.1. The number of hydrogen-bond donors (Lipinski definition) is 0. The molecule has 2 heterocycles. The number of nitrogens with zero attached hydrogens (tertiary/aromatic N) is 3. The molecule has 2 aliphatic rings. The highest BCUT2D eigenvalue weighted by Gasteiger charge is 2.33. The molecule has 0 saturated carbocycles. The van der Waals surface area contributed by atoms with E-state index in [4.69, 9.17) is 17.0 Å². The van der Waals surface area contributed by atoms with Gasteiger partial charge in [0.05, 0.1) is 7.11 Å². The Morgan fingerprint density at radius 1 is 1.22 bits per heavy atom. The largest absolute Gasteiger partial charge is 0.464 e. The van der Waals surface area contributed by atoms with Crippen molar-refractivity contribution in [1.29, 1.82) is 0 Å². The molecule has 1 aromatic heterocycles. The van der Waals surface area contributed by atoms with Crippen LogP contribution < -0.4 is 0 Å². The van der Waals surface area contributed by atoms with Crippen LogP contribution in [0.25, 0.3) is 0 Å². The first-order valence-corrected chi connectivity index (χ1v) is 9.72. The zero-order valence-electron chi connectivity index (χ0n) is 15.4. The molecule has 140 valence electrons. The summed E-state index contributed by atoms with van der Waals surface area (Å²) in [7, 11) is 1.38. The maximum Gasteiger partial charge on any atom is 0.356 e. The van der Waals surface area contributed by atoms with Gasteiger partial charge in [0, 0.05) is 37.4 Å². The van der Waals surface area contributed by atoms with Crippen LogP contribution in [0.2, 0.25) is 0 Å². The second-order valence-corrected chi connectivity index (χ2v) is 7.43. The topological polar surface area (TPSA) is 45.7 Å². The van der Waals surface area contributed by atoms with Gasteiger partial charge in [0.1, 0.15) is 0 Å². The van der Waals surface area contributed by atoms with Gasteiger partial charge < -0.3 is 14.5 Å². The number of aryl methyl sites for hydroxylation is 1. The first-order chi connectivity index (χ1) is 13.2. The zero-order chi connectivity index (χ0) is 18.8. The van der Waals surface area contributed by atoms with Gasteiger partial charge in [-0.25, -0.2) is 9.78 Å². The van der Waals surface area contributed by atoms with E-state index in [9.17, 15) is 4.79 Å². The Morgan fingerprint density at radius 2 is 2.04 bits per heavy atom. The van der Waals surface area contributed by atoms with E-state index in [0.717, 1.165) is 43.0 Å². The predicted molar refractivity (Wildman–Crippen MR) is 108 cm³/mol. The van der Waals surface area contributed by atoms with E-state index >= 15 is 0 Å². The van der Waals surface area contributed by atoms with Gasteiger partial charge in [-0.1, -0.05) is 30.3 Å². The van der Waals surface area contributed by atoms with Crippen LogP contribution >= 0.6 is 12.2 Å². The van der Waals surface area contributed by atoms with Crippen molar-refractivity contribution < 1.29 is 9.53 Å². The second kappa shape index (κ2) is 7.64. The van der Waals surface area contributed by atoms with E-state index in [1.807, 2.05) is 12.1 Å². The summed E-state index contributed by atoms with van der Waals surface area (Å²) in [5, 5.41) is 0.874. The van der Waals surface area contributed by atoms with E-state index in [1.54, 1.807) is 6.20 Å². The molecule has 0 radical (unpaired) electrons. The van der Waals surface area contributed by atoms with Crippen molar-refractivity contribution >= 4 is 23.3 Å². The van der Waals surface area contributed by atoms with Gasteiger partial charge in [0.25, 0.3) is 0 Å². The van der Waals surface area contributed by atoms with Crippen LogP contribution in [0.4, 0.5) is 0 Å². The first-order valence-electron chi connectivity index (χ1n) is 9.32. The number of thiocarbonyl (C=S) groups is 1. The Kier molecular flexibility index (Phi) is 5.07. The number of carbonyl (C=O) groups is 1. The highest BCUT2D eigenvalue weighted by Crippen LogP contribution is 2.27. The minimum absolute atomic E-state index is 0.368. The van der Waals surface area contributed by atoms with E-state index in [1.165, 1.54) is 18.2 Å². The molecule has 27 heavy (non-hydrogen) atoms. The van der Waals surface area contributed by atoms with Crippen molar-refractivity contribution in [2.24, 2.45) is 0 Å². The lowest BCUT2D eigenvalue weighted by Gasteiger charge is -2.34. The summed E-state index contributed by atoms with van der Waals surface area (Å²) in [5.41, 5.74) is 4.12. The van der Waals surface area contributed by atoms with E-state index in [-0.39, 0.29) is 0 Å². The van der Waals surface area contributed by atoms with Gasteiger partial charge in [-0.3, -0.25) is 0 Å². The van der Waals surface area contributed by atoms with Crippen LogP contribution in [0.5, 0.6) is 0 Å². The molecule has 1 fully saturated rings. The van der Waals surface area contributed by atoms with Gasteiger partial charge in [0.2, 0.25) is 0 Å². The van der Waals surface area contributed by atoms with E-state index in [0.29, 0.717) is 18.3 Å². The molecule has 0 spiro atoms. The Labute approximate surface area is 164 Å². The number of fused-ring (bicyclic) bond motifs is 1. The summed E-state index contributed by atoms with van der Waals surface area (Å²) in [4.78, 5) is 20.7. The lowest BCUT2D eigenvalue weighted by Crippen LogP contribution is -2.42. The Hall–Kier alpha value is -2.47. The number of carbonyl (C=O) groups excluding carboxylic acids is 1. The molecule has 1 saturated heterocycles. The fourth-order valence-electron chi connectivity index (χ4n) is 4.08. The summed E-state index contributed by atoms with van der Waals surface area (Å²) in [6.07, 6.45) is 4.90. The summed E-state index contributed by atoms with van der Waals surface area (Å²) >= 11 is 5.79. The predicted octanol–water partition coefficient (Wildman–Crippen LogP) is 2.83. The van der Waals surface area contributed by atoms with Crippen LogP contribution in [0.15, 0.2) is 42.6 Å². The Morgan fingerprint density at radius 3 is 2.85 bits per heavy atom. The lowest BCUT2D eigenvalue weighted by atomic mass is 9.88. The number of pyridine rings is 1. The van der Waals surface area contributed by atoms with Crippen molar-refractivity contribution in [2.45, 2.75) is 31.8 Å². The molecule has 0 bridgehead atoms. The fourth-order valence-corrected chi connectivity index (χ4v) is 4.48. The molecule has 1 aliphatic heterocycles. The number of esters is 1. The highest BCUT2D eigenvalue weighted by molar-refractivity contribution is 7.80. The minimum atomic E-state index is -0.406. The molecule has 2 aromatic rings. The smallest absolute Gasteiger partial charge is 0.356 e. The maximum atomic E-state index is 12.0. The Bertz CT molecular complexity index is 870. The highest BCUT2D eigenvalue weighted by atomic mass is 32.1. The van der Waals surface area contributed by atoms with Crippen LogP contribution in [0.1, 0.15) is 33.6 Å². The molecule has 1 aromatic carbocycles. The van der Waals surface area contributed by atoms with Crippen molar-refractivity contribution in [1.82, 2.24) is 14.8 Å². The lowest BCUT2D eigenvalue weighted by molar-refractivity contribution is 0.0592. The average Bonchev–Trinajstić information content (AvgIpc) is 3.07. The molecule has 6 heteroatoms. The fraction of sp³-hybridized carbons (Fsp3) is 0.381. The SMILES string of the molecule is COC(=O)c1ncccc1CN1CCN(C2CCc3ccccc3C2)C1=S. The number of benzene rings is 1. The van der Waals surface area contributed by atoms with Gasteiger partial charge in [-0.15, -0.1) is 0 Å². The third-order valence-electron chi connectivity index (χ3n) is 5.52. The van der Waals surface area contributed by atoms with Crippen molar-refractivity contribution in [2.75, 3.05) is 20.2 Å². The minimum Gasteiger partial charge on any atom is -0.464 e. The summed E-state index contributed by atoms with van der Waals surface area (Å²) in [6, 6.07) is 12.9. The quantitative estimate of drug-likeness (QED) is 0.600. The Balaban J connectivity index is 1.47. The van der Waals surface area contributed by atoms with E-state index in [2.05, 4.69) is 39.0 Å². The summed E-state index contributed by atoms with van der Waals surface area (Å²) < 4.78 is 4.85. The molecular formula is C21H23N3O2S. The molecule has 5 nitrogen and oxygen atoms in total. The molecule has 0 amide bonds. The molecule has 0 N–H and O–H groups in total. The second-order valence-electron chi connectivity index (χ2n) is 7.07. The molecule has 1 aliphatic carbocycles. The molecular weight excluding hydrogens is 358 g/mol. The number of hydrogen-bond acceptors (Lipinski definition) is 4. The molecule has 1 unspecified atom stereocenters. The van der Waals surface area contributed by atoms with Crippen LogP contribution in [-0.2, 0) is 24.1 Å². The molecule has 4 rings (SSSR count). The standard InChI is InChI=1S/C21H23N3O2S/c1-26-20(25)19-17(7-4-10-22-19)14-23-11-12-24(21(23)27)18-9-8-15-5-2-3-6-16(15)13-18/h2-7,10,18H,8-9,11-14H2,1H3. The number of ether oxygens (including phenoxy) is 1. The number of aromatic nitrogens is 1. The van der Waals surface area contributed by atoms with Crippen molar-refractivity contribution in [3.63, 3.8) is 0 Å². The number of methoxy groups -OCH3 is 1. The van der Waals surface area contributed by atoms with Gasteiger partial charge in [-0.05, 0) is 48.7 Å². The van der Waals surface area contributed by atoms with E-state index < -0.39 is 5.97 Å². The maximum absolute atomic E-state index is 12.0. The van der Waals surface area contributed by atoms with Gasteiger partial charge >= 0.3 is 5.97 Å². The van der Waals surface area contributed by atoms with Gasteiger partial charge in [-0.2, -0.15) is 0 Å². The number of rotatable bonds is 4. The van der Waals surface area contributed by atoms with Crippen molar-refractivity contribution in [3.8, 4) is 0 Å². The van der Waals surface area contributed by atoms with Crippen LogP contribution in [0.3, 0.4) is 0 Å². The third kappa shape index (κ3) is 3.54. The zero-order valence-corrected chi connectivity index (χ0v) is 16.2. The average molecular weight is 382 g/mol. The van der Waals surface area contributed by atoms with Crippen molar-refractivity contribution in [3.05, 3.63) is 65.0 Å². The monoisotopic (exact) mass is 381 g/mol. The first kappa shape index (κ1) is 17.9.